The average molecular weight is 791 g/mol. The first-order chi connectivity index (χ1) is 28.2. The third-order valence-electron chi connectivity index (χ3n) is 11.1. The Labute approximate surface area is 337 Å². The number of carbonyl (C=O) groups is 5. The van der Waals surface area contributed by atoms with Crippen molar-refractivity contribution in [2.45, 2.75) is 56.8 Å². The van der Waals surface area contributed by atoms with Gasteiger partial charge in [0.2, 0.25) is 5.91 Å². The number of nitrogens with zero attached hydrogens (tertiary/aromatic N) is 4. The molecule has 15 nitrogen and oxygen atoms in total. The van der Waals surface area contributed by atoms with Gasteiger partial charge >= 0.3 is 12.1 Å². The second-order valence-electron chi connectivity index (χ2n) is 14.8. The van der Waals surface area contributed by atoms with E-state index in [1.54, 1.807) is 52.1 Å². The first-order valence-corrected chi connectivity index (χ1v) is 19.9. The summed E-state index contributed by atoms with van der Waals surface area (Å²) < 4.78 is 10.1. The van der Waals surface area contributed by atoms with Gasteiger partial charge in [-0.3, -0.25) is 14.4 Å². The van der Waals surface area contributed by atoms with Crippen molar-refractivity contribution in [1.29, 1.82) is 0 Å². The molecule has 0 spiro atoms. The number of hydrogen-bond acceptors (Lipinski definition) is 8. The fourth-order valence-electron chi connectivity index (χ4n) is 7.90. The summed E-state index contributed by atoms with van der Waals surface area (Å²) in [7, 11) is 1.27. The summed E-state index contributed by atoms with van der Waals surface area (Å²) in [6.45, 7) is 5.11. The number of carbonyl (C=O) groups excluding carboxylic acids is 5. The second kappa shape index (κ2) is 18.4. The molecule has 0 radical (unpaired) electrons. The zero-order valence-corrected chi connectivity index (χ0v) is 32.8. The number of rotatable bonds is 11. The molecule has 3 aliphatic heterocycles. The van der Waals surface area contributed by atoms with E-state index in [9.17, 15) is 24.0 Å². The van der Waals surface area contributed by atoms with Crippen LogP contribution in [0.15, 0.2) is 85.1 Å². The van der Waals surface area contributed by atoms with E-state index in [4.69, 9.17) is 9.47 Å². The van der Waals surface area contributed by atoms with E-state index >= 15 is 0 Å². The maximum atomic E-state index is 13.9. The van der Waals surface area contributed by atoms with Crippen molar-refractivity contribution in [1.82, 2.24) is 40.6 Å². The van der Waals surface area contributed by atoms with Gasteiger partial charge < -0.3 is 45.1 Å². The molecule has 6 amide bonds. The number of urea groups is 1. The van der Waals surface area contributed by atoms with Gasteiger partial charge in [-0.1, -0.05) is 66.7 Å². The molecule has 3 saturated heterocycles. The van der Waals surface area contributed by atoms with Gasteiger partial charge in [-0.15, -0.1) is 0 Å². The molecule has 4 N–H and O–H groups in total. The minimum Gasteiger partial charge on any atom is -0.453 e. The molecule has 7 rings (SSSR count). The molecule has 1 aromatic heterocycles. The normalized spacial score (nSPS) is 19.0. The zero-order chi connectivity index (χ0) is 40.6. The number of hydrogen-bond donors (Lipinski definition) is 4. The van der Waals surface area contributed by atoms with Gasteiger partial charge in [0, 0.05) is 44.3 Å². The number of likely N-dealkylation sites (tertiary alicyclic amines) is 2. The Morgan fingerprint density at radius 1 is 0.810 bits per heavy atom. The van der Waals surface area contributed by atoms with Crippen molar-refractivity contribution in [2.75, 3.05) is 53.0 Å². The van der Waals surface area contributed by atoms with Crippen LogP contribution in [-0.4, -0.2) is 120 Å². The number of methoxy groups -OCH3 is 1. The second-order valence-corrected chi connectivity index (χ2v) is 14.8. The standard InChI is InChI=1S/C43H50N8O7/c1-28(46-42(55)49-22-24-58-25-23-49)40(53)50-20-6-10-34(50)26-45-39(52)33-18-14-30(15-19-33)29-12-16-31(17-13-29)35-27-44-38(47-35)36-11-7-21-51(36)41(54)37(48-43(56)57-2)32-8-4-3-5-9-32/h3-5,8-9,12-19,27-28,34,36-37H,6-7,10-11,20-26H2,1-2H3,(H,44,47)(H,45,52)(H,46,55)(H,48,56)/t28-,34+,36+,37-/m1/s1. The lowest BCUT2D eigenvalue weighted by Crippen LogP contribution is -2.54. The summed E-state index contributed by atoms with van der Waals surface area (Å²) in [4.78, 5) is 78.4. The molecule has 3 aromatic carbocycles. The molecule has 3 fully saturated rings. The van der Waals surface area contributed by atoms with E-state index in [2.05, 4.69) is 25.9 Å². The predicted octanol–water partition coefficient (Wildman–Crippen LogP) is 4.66. The summed E-state index contributed by atoms with van der Waals surface area (Å²) in [5.74, 6) is 0.0778. The third-order valence-corrected chi connectivity index (χ3v) is 11.1. The summed E-state index contributed by atoms with van der Waals surface area (Å²) in [5.41, 5.74) is 4.85. The predicted molar refractivity (Wildman–Crippen MR) is 215 cm³/mol. The van der Waals surface area contributed by atoms with E-state index < -0.39 is 18.2 Å². The van der Waals surface area contributed by atoms with Gasteiger partial charge in [0.15, 0.2) is 0 Å². The Morgan fingerprint density at radius 2 is 1.47 bits per heavy atom. The molecular weight excluding hydrogens is 741 g/mol. The smallest absolute Gasteiger partial charge is 0.407 e. The molecule has 4 atom stereocenters. The zero-order valence-electron chi connectivity index (χ0n) is 32.8. The Bertz CT molecular complexity index is 2070. The van der Waals surface area contributed by atoms with Crippen LogP contribution in [0, 0.1) is 0 Å². The lowest BCUT2D eigenvalue weighted by molar-refractivity contribution is -0.135. The van der Waals surface area contributed by atoms with Crippen molar-refractivity contribution >= 4 is 29.8 Å². The maximum Gasteiger partial charge on any atom is 0.407 e. The van der Waals surface area contributed by atoms with Crippen LogP contribution in [0.25, 0.3) is 22.4 Å². The summed E-state index contributed by atoms with van der Waals surface area (Å²) in [6.07, 6.45) is 4.24. The van der Waals surface area contributed by atoms with Crippen molar-refractivity contribution in [3.63, 3.8) is 0 Å². The van der Waals surface area contributed by atoms with Crippen LogP contribution >= 0.6 is 0 Å². The molecular formula is C43H50N8O7. The van der Waals surface area contributed by atoms with Gasteiger partial charge in [0.05, 0.1) is 38.3 Å². The van der Waals surface area contributed by atoms with Crippen molar-refractivity contribution in [3.8, 4) is 22.4 Å². The van der Waals surface area contributed by atoms with Crippen LogP contribution in [0.5, 0.6) is 0 Å². The Morgan fingerprint density at radius 3 is 2.17 bits per heavy atom. The molecule has 3 aliphatic rings. The molecule has 0 saturated carbocycles. The Kier molecular flexibility index (Phi) is 12.7. The first kappa shape index (κ1) is 40.0. The van der Waals surface area contributed by atoms with Crippen LogP contribution in [0.1, 0.15) is 66.4 Å². The van der Waals surface area contributed by atoms with E-state index in [1.165, 1.54) is 7.11 Å². The number of benzene rings is 3. The SMILES string of the molecule is COC(=O)N[C@@H](C(=O)N1CCC[C@H]1c1ncc(-c2ccc(-c3ccc(C(=O)NC[C@@H]4CCCN4C(=O)[C@@H](C)NC(=O)N4CCOCC4)cc3)cc2)[nH]1)c1ccccc1. The summed E-state index contributed by atoms with van der Waals surface area (Å²) in [5, 5.41) is 8.52. The molecule has 0 unspecified atom stereocenters. The number of aromatic amines is 1. The lowest BCUT2D eigenvalue weighted by atomic mass is 10.0. The van der Waals surface area contributed by atoms with E-state index in [-0.39, 0.29) is 35.8 Å². The molecule has 4 aromatic rings. The molecule has 58 heavy (non-hydrogen) atoms. The molecule has 15 heteroatoms. The highest BCUT2D eigenvalue weighted by Gasteiger charge is 2.37. The fraction of sp³-hybridized carbons (Fsp3) is 0.395. The highest BCUT2D eigenvalue weighted by atomic mass is 16.5. The minimum atomic E-state index is -0.891. The minimum absolute atomic E-state index is 0.148. The Hall–Kier alpha value is -6.22. The quantitative estimate of drug-likeness (QED) is 0.170. The number of H-pyrrole nitrogens is 1. The summed E-state index contributed by atoms with van der Waals surface area (Å²) in [6, 6.07) is 22.3. The highest BCUT2D eigenvalue weighted by molar-refractivity contribution is 5.95. The van der Waals surface area contributed by atoms with Crippen LogP contribution in [0.2, 0.25) is 0 Å². The van der Waals surface area contributed by atoms with Gasteiger partial charge in [0.1, 0.15) is 17.9 Å². The molecule has 4 heterocycles. The van der Waals surface area contributed by atoms with Crippen LogP contribution in [-0.2, 0) is 19.1 Å². The van der Waals surface area contributed by atoms with Gasteiger partial charge in [0.25, 0.3) is 11.8 Å². The highest BCUT2D eigenvalue weighted by Crippen LogP contribution is 2.34. The largest absolute Gasteiger partial charge is 0.453 e. The molecule has 304 valence electrons. The van der Waals surface area contributed by atoms with Crippen molar-refractivity contribution < 1.29 is 33.4 Å². The maximum absolute atomic E-state index is 13.9. The van der Waals surface area contributed by atoms with Crippen LogP contribution < -0.4 is 16.0 Å². The average Bonchev–Trinajstić information content (AvgIpc) is 4.07. The van der Waals surface area contributed by atoms with E-state index in [0.717, 1.165) is 48.1 Å². The van der Waals surface area contributed by atoms with Gasteiger partial charge in [-0.2, -0.15) is 0 Å². The third kappa shape index (κ3) is 9.15. The number of morpholine rings is 1. The first-order valence-electron chi connectivity index (χ1n) is 19.9. The number of imidazole rings is 1. The van der Waals surface area contributed by atoms with Gasteiger partial charge in [-0.25, -0.2) is 14.6 Å². The number of ether oxygens (including phenoxy) is 2. The molecule has 0 bridgehead atoms. The molecule has 0 aliphatic carbocycles. The van der Waals surface area contributed by atoms with Crippen LogP contribution in [0.3, 0.4) is 0 Å². The number of alkyl carbamates (subject to hydrolysis) is 1. The van der Waals surface area contributed by atoms with Crippen molar-refractivity contribution in [3.05, 3.63) is 102 Å². The van der Waals surface area contributed by atoms with Crippen molar-refractivity contribution in [2.24, 2.45) is 0 Å². The number of aromatic nitrogens is 2. The van der Waals surface area contributed by atoms with Crippen LogP contribution in [0.4, 0.5) is 9.59 Å². The Balaban J connectivity index is 0.930. The lowest BCUT2D eigenvalue weighted by Gasteiger charge is -2.31. The number of nitrogens with one attached hydrogen (secondary N) is 4. The summed E-state index contributed by atoms with van der Waals surface area (Å²) >= 11 is 0. The number of amides is 6. The monoisotopic (exact) mass is 790 g/mol. The van der Waals surface area contributed by atoms with E-state index in [0.29, 0.717) is 62.9 Å². The fourth-order valence-corrected chi connectivity index (χ4v) is 7.90. The van der Waals surface area contributed by atoms with E-state index in [1.807, 2.05) is 54.6 Å². The topological polar surface area (TPSA) is 178 Å². The van der Waals surface area contributed by atoms with Gasteiger partial charge in [-0.05, 0) is 67.0 Å².